The minimum absolute atomic E-state index is 0.214. The predicted octanol–water partition coefficient (Wildman–Crippen LogP) is 3.72. The van der Waals surface area contributed by atoms with E-state index < -0.39 is 6.43 Å². The summed E-state index contributed by atoms with van der Waals surface area (Å²) in [5.74, 6) is 0. The van der Waals surface area contributed by atoms with E-state index in [2.05, 4.69) is 24.3 Å². The first-order chi connectivity index (χ1) is 9.58. The van der Waals surface area contributed by atoms with Gasteiger partial charge in [-0.25, -0.2) is 8.78 Å². The zero-order chi connectivity index (χ0) is 15.1. The molecule has 0 saturated carbocycles. The van der Waals surface area contributed by atoms with Gasteiger partial charge in [0.05, 0.1) is 5.69 Å². The summed E-state index contributed by atoms with van der Waals surface area (Å²) in [6.07, 6.45) is 1.16. The number of hydrogen-bond acceptors (Lipinski definition) is 2. The van der Waals surface area contributed by atoms with Gasteiger partial charge in [-0.1, -0.05) is 27.7 Å². The monoisotopic (exact) mass is 287 g/mol. The summed E-state index contributed by atoms with van der Waals surface area (Å²) in [5.41, 5.74) is 3.06. The molecule has 20 heavy (non-hydrogen) atoms. The maximum absolute atomic E-state index is 12.7. The fourth-order valence-corrected chi connectivity index (χ4v) is 2.65. The van der Waals surface area contributed by atoms with Crippen LogP contribution >= 0.6 is 0 Å². The molecule has 5 heteroatoms. The third-order valence-corrected chi connectivity index (χ3v) is 3.55. The molecule has 1 aromatic heterocycles. The van der Waals surface area contributed by atoms with E-state index in [1.165, 1.54) is 4.68 Å². The van der Waals surface area contributed by atoms with Gasteiger partial charge in [0.25, 0.3) is 6.43 Å². The van der Waals surface area contributed by atoms with Gasteiger partial charge < -0.3 is 5.32 Å². The summed E-state index contributed by atoms with van der Waals surface area (Å²) >= 11 is 0. The average Bonchev–Trinajstić information content (AvgIpc) is 2.76. The summed E-state index contributed by atoms with van der Waals surface area (Å²) in [6, 6.07) is 0.214. The fourth-order valence-electron chi connectivity index (χ4n) is 2.65. The van der Waals surface area contributed by atoms with Gasteiger partial charge in [-0.05, 0) is 32.2 Å². The number of nitrogens with one attached hydrogen (secondary N) is 1. The molecule has 0 radical (unpaired) electrons. The predicted molar refractivity (Wildman–Crippen MR) is 78.3 cm³/mol. The average molecular weight is 287 g/mol. The van der Waals surface area contributed by atoms with E-state index in [4.69, 9.17) is 0 Å². The highest BCUT2D eigenvalue weighted by molar-refractivity contribution is 5.30. The minimum atomic E-state index is -2.36. The summed E-state index contributed by atoms with van der Waals surface area (Å²) in [4.78, 5) is 0. The molecule has 0 spiro atoms. The molecule has 0 amide bonds. The number of rotatable bonds is 9. The number of nitrogens with zero attached hydrogens (tertiary/aromatic N) is 2. The van der Waals surface area contributed by atoms with Gasteiger partial charge in [0, 0.05) is 17.3 Å². The largest absolute Gasteiger partial charge is 0.310 e. The number of halogens is 2. The van der Waals surface area contributed by atoms with Gasteiger partial charge in [-0.3, -0.25) is 4.68 Å². The van der Waals surface area contributed by atoms with Crippen LogP contribution in [0.2, 0.25) is 0 Å². The maximum Gasteiger partial charge on any atom is 0.257 e. The zero-order valence-electron chi connectivity index (χ0n) is 13.0. The third kappa shape index (κ3) is 4.01. The van der Waals surface area contributed by atoms with Crippen LogP contribution in [0.5, 0.6) is 0 Å². The van der Waals surface area contributed by atoms with Crippen molar-refractivity contribution < 1.29 is 8.78 Å². The van der Waals surface area contributed by atoms with Crippen LogP contribution in [0.3, 0.4) is 0 Å². The minimum Gasteiger partial charge on any atom is -0.310 e. The van der Waals surface area contributed by atoms with Crippen molar-refractivity contribution in [2.45, 2.75) is 72.4 Å². The van der Waals surface area contributed by atoms with E-state index in [0.29, 0.717) is 0 Å². The van der Waals surface area contributed by atoms with Gasteiger partial charge >= 0.3 is 0 Å². The summed E-state index contributed by atoms with van der Waals surface area (Å²) in [6.45, 7) is 8.92. The maximum atomic E-state index is 12.7. The van der Waals surface area contributed by atoms with Crippen molar-refractivity contribution in [1.82, 2.24) is 15.1 Å². The van der Waals surface area contributed by atoms with Crippen molar-refractivity contribution in [2.24, 2.45) is 0 Å². The highest BCUT2D eigenvalue weighted by Gasteiger charge is 2.23. The van der Waals surface area contributed by atoms with Gasteiger partial charge in [0.1, 0.15) is 6.54 Å². The first-order valence-electron chi connectivity index (χ1n) is 7.68. The second-order valence-corrected chi connectivity index (χ2v) is 5.00. The van der Waals surface area contributed by atoms with Crippen LogP contribution in [0.1, 0.15) is 63.5 Å². The van der Waals surface area contributed by atoms with Crippen molar-refractivity contribution in [1.29, 1.82) is 0 Å². The Bertz CT molecular complexity index is 402. The Balaban J connectivity index is 3.16. The van der Waals surface area contributed by atoms with Crippen LogP contribution in [0.15, 0.2) is 0 Å². The standard InChI is InChI=1S/C15H27F2N3/c1-5-9-18-11(6-2)15-12(7-3)19-20(10-14(16)17)13(15)8-4/h11,14,18H,5-10H2,1-4H3. The van der Waals surface area contributed by atoms with E-state index in [9.17, 15) is 8.78 Å². The molecule has 0 fully saturated rings. The lowest BCUT2D eigenvalue weighted by Gasteiger charge is -2.19. The molecule has 1 atom stereocenters. The lowest BCUT2D eigenvalue weighted by Crippen LogP contribution is -2.23. The quantitative estimate of drug-likeness (QED) is 0.750. The van der Waals surface area contributed by atoms with Crippen molar-refractivity contribution in [2.75, 3.05) is 6.54 Å². The van der Waals surface area contributed by atoms with Crippen LogP contribution in [0.4, 0.5) is 8.78 Å². The molecule has 0 aliphatic heterocycles. The van der Waals surface area contributed by atoms with E-state index >= 15 is 0 Å². The van der Waals surface area contributed by atoms with Crippen LogP contribution in [-0.2, 0) is 19.4 Å². The van der Waals surface area contributed by atoms with Crippen LogP contribution in [0.25, 0.3) is 0 Å². The van der Waals surface area contributed by atoms with Crippen molar-refractivity contribution >= 4 is 0 Å². The molecule has 0 aliphatic rings. The second kappa shape index (κ2) is 8.35. The van der Waals surface area contributed by atoms with Crippen LogP contribution in [0, 0.1) is 0 Å². The Morgan fingerprint density at radius 3 is 2.30 bits per heavy atom. The van der Waals surface area contributed by atoms with Crippen molar-refractivity contribution in [3.05, 3.63) is 17.0 Å². The molecule has 3 nitrogen and oxygen atoms in total. The van der Waals surface area contributed by atoms with Gasteiger partial charge in [-0.15, -0.1) is 0 Å². The Morgan fingerprint density at radius 1 is 1.15 bits per heavy atom. The Morgan fingerprint density at radius 2 is 1.85 bits per heavy atom. The lowest BCUT2D eigenvalue weighted by molar-refractivity contribution is 0.120. The highest BCUT2D eigenvalue weighted by atomic mass is 19.3. The Kier molecular flexibility index (Phi) is 7.13. The van der Waals surface area contributed by atoms with E-state index in [0.717, 1.165) is 49.2 Å². The number of aromatic nitrogens is 2. The van der Waals surface area contributed by atoms with E-state index in [1.54, 1.807) is 0 Å². The SMILES string of the molecule is CCCNC(CC)c1c(CC)nn(CC(F)F)c1CC. The first kappa shape index (κ1) is 17.1. The Labute approximate surface area is 120 Å². The molecule has 1 aromatic rings. The summed E-state index contributed by atoms with van der Waals surface area (Å²) in [7, 11) is 0. The molecule has 0 saturated heterocycles. The molecule has 1 heterocycles. The first-order valence-corrected chi connectivity index (χ1v) is 7.68. The molecule has 0 aromatic carbocycles. The third-order valence-electron chi connectivity index (χ3n) is 3.55. The molecule has 0 aliphatic carbocycles. The number of alkyl halides is 2. The van der Waals surface area contributed by atoms with Crippen LogP contribution in [-0.4, -0.2) is 22.8 Å². The zero-order valence-corrected chi connectivity index (χ0v) is 13.0. The Hall–Kier alpha value is -0.970. The smallest absolute Gasteiger partial charge is 0.257 e. The number of hydrogen-bond donors (Lipinski definition) is 1. The molecule has 0 bridgehead atoms. The van der Waals surface area contributed by atoms with Crippen molar-refractivity contribution in [3.63, 3.8) is 0 Å². The summed E-state index contributed by atoms with van der Waals surface area (Å²) < 4.78 is 26.9. The van der Waals surface area contributed by atoms with Gasteiger partial charge in [0.2, 0.25) is 0 Å². The van der Waals surface area contributed by atoms with Gasteiger partial charge in [-0.2, -0.15) is 5.10 Å². The van der Waals surface area contributed by atoms with Crippen molar-refractivity contribution in [3.8, 4) is 0 Å². The van der Waals surface area contributed by atoms with E-state index in [1.807, 2.05) is 13.8 Å². The topological polar surface area (TPSA) is 29.9 Å². The molecule has 1 N–H and O–H groups in total. The summed E-state index contributed by atoms with van der Waals surface area (Å²) in [5, 5.41) is 7.92. The number of aryl methyl sites for hydroxylation is 1. The molecule has 1 unspecified atom stereocenters. The van der Waals surface area contributed by atoms with Gasteiger partial charge in [0.15, 0.2) is 0 Å². The normalized spacial score (nSPS) is 13.2. The fraction of sp³-hybridized carbons (Fsp3) is 0.800. The second-order valence-electron chi connectivity index (χ2n) is 5.00. The van der Waals surface area contributed by atoms with E-state index in [-0.39, 0.29) is 12.6 Å². The highest BCUT2D eigenvalue weighted by Crippen LogP contribution is 2.26. The molecule has 1 rings (SSSR count). The molecular formula is C15H27F2N3. The van der Waals surface area contributed by atoms with Crippen LogP contribution < -0.4 is 5.32 Å². The lowest BCUT2D eigenvalue weighted by atomic mass is 9.99. The molecule has 116 valence electrons. The molecular weight excluding hydrogens is 260 g/mol.